The van der Waals surface area contributed by atoms with Gasteiger partial charge in [0.25, 0.3) is 0 Å². The molecular formula is C22H40O4S. The Morgan fingerprint density at radius 2 is 1.70 bits per heavy atom. The highest BCUT2D eigenvalue weighted by Gasteiger charge is 2.56. The van der Waals surface area contributed by atoms with E-state index in [4.69, 9.17) is 0 Å². The Labute approximate surface area is 166 Å². The van der Waals surface area contributed by atoms with E-state index in [9.17, 15) is 18.6 Å². The molecule has 0 aromatic carbocycles. The third-order valence-corrected chi connectivity index (χ3v) is 10.6. The van der Waals surface area contributed by atoms with Gasteiger partial charge in [-0.25, -0.2) is 8.42 Å². The van der Waals surface area contributed by atoms with Gasteiger partial charge in [0.1, 0.15) is 0 Å². The SMILES string of the molecule is CCCCC1(CC)CS(=O)(=O)C2CC(O)CCC2[C@H](C2CCCCC2)[C@@H]1O. The van der Waals surface area contributed by atoms with Crippen LogP contribution in [-0.4, -0.2) is 41.8 Å². The lowest BCUT2D eigenvalue weighted by Crippen LogP contribution is -2.48. The quantitative estimate of drug-likeness (QED) is 0.729. The number of hydrogen-bond acceptors (Lipinski definition) is 4. The Kier molecular flexibility index (Phi) is 6.96. The second kappa shape index (κ2) is 8.71. The van der Waals surface area contributed by atoms with Crippen LogP contribution in [0.5, 0.6) is 0 Å². The van der Waals surface area contributed by atoms with Gasteiger partial charge in [0.15, 0.2) is 9.84 Å². The van der Waals surface area contributed by atoms with E-state index < -0.39 is 32.7 Å². The van der Waals surface area contributed by atoms with Crippen molar-refractivity contribution in [3.63, 3.8) is 0 Å². The largest absolute Gasteiger partial charge is 0.393 e. The molecule has 2 aliphatic carbocycles. The maximum Gasteiger partial charge on any atom is 0.154 e. The molecule has 6 atom stereocenters. The van der Waals surface area contributed by atoms with E-state index in [0.29, 0.717) is 18.8 Å². The van der Waals surface area contributed by atoms with Crippen molar-refractivity contribution in [2.75, 3.05) is 5.75 Å². The molecule has 0 amide bonds. The highest BCUT2D eigenvalue weighted by molar-refractivity contribution is 7.92. The van der Waals surface area contributed by atoms with Gasteiger partial charge >= 0.3 is 0 Å². The monoisotopic (exact) mass is 400 g/mol. The Bertz CT molecular complexity index is 583. The fraction of sp³-hybridized carbons (Fsp3) is 1.00. The van der Waals surface area contributed by atoms with E-state index in [1.807, 2.05) is 0 Å². The second-order valence-electron chi connectivity index (χ2n) is 9.72. The maximum absolute atomic E-state index is 13.5. The van der Waals surface area contributed by atoms with Crippen molar-refractivity contribution < 1.29 is 18.6 Å². The topological polar surface area (TPSA) is 74.6 Å². The minimum Gasteiger partial charge on any atom is -0.393 e. The van der Waals surface area contributed by atoms with Crippen molar-refractivity contribution in [2.24, 2.45) is 23.2 Å². The third-order valence-electron chi connectivity index (χ3n) is 8.18. The first-order valence-corrected chi connectivity index (χ1v) is 13.1. The number of unbranched alkanes of at least 4 members (excludes halogenated alkanes) is 1. The summed E-state index contributed by atoms with van der Waals surface area (Å²) in [4.78, 5) is 0. The molecule has 3 aliphatic rings. The summed E-state index contributed by atoms with van der Waals surface area (Å²) < 4.78 is 26.9. The average molecular weight is 401 g/mol. The van der Waals surface area contributed by atoms with Crippen LogP contribution >= 0.6 is 0 Å². The van der Waals surface area contributed by atoms with Crippen molar-refractivity contribution in [2.45, 2.75) is 108 Å². The summed E-state index contributed by atoms with van der Waals surface area (Å²) in [7, 11) is -3.33. The highest BCUT2D eigenvalue weighted by atomic mass is 32.2. The van der Waals surface area contributed by atoms with E-state index in [-0.39, 0.29) is 17.6 Å². The van der Waals surface area contributed by atoms with Gasteiger partial charge < -0.3 is 10.2 Å². The molecule has 2 N–H and O–H groups in total. The molecule has 158 valence electrons. The first kappa shape index (κ1) is 21.6. The molecule has 4 unspecified atom stereocenters. The molecule has 4 nitrogen and oxygen atoms in total. The van der Waals surface area contributed by atoms with Crippen molar-refractivity contribution >= 4 is 9.84 Å². The number of rotatable bonds is 5. The Balaban J connectivity index is 2.04. The fourth-order valence-corrected chi connectivity index (χ4v) is 9.48. The van der Waals surface area contributed by atoms with Crippen LogP contribution in [0.15, 0.2) is 0 Å². The van der Waals surface area contributed by atoms with Gasteiger partial charge in [-0.05, 0) is 49.9 Å². The molecule has 2 saturated carbocycles. The molecule has 27 heavy (non-hydrogen) atoms. The van der Waals surface area contributed by atoms with Gasteiger partial charge in [-0.15, -0.1) is 0 Å². The molecule has 5 heteroatoms. The number of aliphatic hydroxyl groups is 2. The lowest BCUT2D eigenvalue weighted by Gasteiger charge is -2.46. The van der Waals surface area contributed by atoms with Gasteiger partial charge in [0.05, 0.1) is 23.2 Å². The van der Waals surface area contributed by atoms with Crippen LogP contribution < -0.4 is 0 Å². The summed E-state index contributed by atoms with van der Waals surface area (Å²) in [5, 5.41) is 21.5. The van der Waals surface area contributed by atoms with Crippen molar-refractivity contribution in [1.82, 2.24) is 0 Å². The Hall–Kier alpha value is -0.130. The zero-order valence-corrected chi connectivity index (χ0v) is 18.1. The van der Waals surface area contributed by atoms with Gasteiger partial charge in [0.2, 0.25) is 0 Å². The minimum atomic E-state index is -3.33. The number of aliphatic hydroxyl groups excluding tert-OH is 2. The molecular weight excluding hydrogens is 360 g/mol. The van der Waals surface area contributed by atoms with Crippen LogP contribution in [-0.2, 0) is 9.84 Å². The first-order valence-electron chi connectivity index (χ1n) is 11.4. The van der Waals surface area contributed by atoms with Crippen molar-refractivity contribution in [3.8, 4) is 0 Å². The molecule has 1 aliphatic heterocycles. The van der Waals surface area contributed by atoms with Crippen LogP contribution in [0.3, 0.4) is 0 Å². The average Bonchev–Trinajstić information content (AvgIpc) is 2.73. The summed E-state index contributed by atoms with van der Waals surface area (Å²) in [5.41, 5.74) is -0.515. The van der Waals surface area contributed by atoms with Crippen LogP contribution in [0.4, 0.5) is 0 Å². The van der Waals surface area contributed by atoms with Crippen LogP contribution in [0, 0.1) is 23.2 Å². The summed E-state index contributed by atoms with van der Waals surface area (Å²) in [5.74, 6) is 0.648. The van der Waals surface area contributed by atoms with Gasteiger partial charge in [-0.3, -0.25) is 0 Å². The molecule has 0 aromatic heterocycles. The smallest absolute Gasteiger partial charge is 0.154 e. The Morgan fingerprint density at radius 1 is 1.00 bits per heavy atom. The Morgan fingerprint density at radius 3 is 2.33 bits per heavy atom. The van der Waals surface area contributed by atoms with Crippen LogP contribution in [0.2, 0.25) is 0 Å². The van der Waals surface area contributed by atoms with E-state index in [0.717, 1.165) is 44.9 Å². The maximum atomic E-state index is 13.5. The summed E-state index contributed by atoms with van der Waals surface area (Å²) >= 11 is 0. The zero-order valence-electron chi connectivity index (χ0n) is 17.3. The van der Waals surface area contributed by atoms with Crippen LogP contribution in [0.1, 0.15) is 90.9 Å². The molecule has 3 fully saturated rings. The highest BCUT2D eigenvalue weighted by Crippen LogP contribution is 2.52. The molecule has 3 rings (SSSR count). The zero-order chi connectivity index (χ0) is 19.7. The molecule has 0 aromatic rings. The fourth-order valence-electron chi connectivity index (χ4n) is 6.58. The lowest BCUT2D eigenvalue weighted by molar-refractivity contribution is -0.0685. The predicted molar refractivity (Wildman–Crippen MR) is 109 cm³/mol. The standard InChI is InChI=1S/C22H40O4S/c1-3-5-13-22(4-2)15-27(25,26)19-14-17(23)11-12-18(19)20(21(22)24)16-9-7-6-8-10-16/h16-21,23-24H,3-15H2,1-2H3/t17?,18?,19?,20-,21-,22?/m0/s1. The van der Waals surface area contributed by atoms with Gasteiger partial charge in [-0.2, -0.15) is 0 Å². The number of sulfone groups is 1. The van der Waals surface area contributed by atoms with Gasteiger partial charge in [0, 0.05) is 5.41 Å². The molecule has 0 bridgehead atoms. The second-order valence-corrected chi connectivity index (χ2v) is 11.9. The summed E-state index contributed by atoms with van der Waals surface area (Å²) in [6, 6.07) is 0. The van der Waals surface area contributed by atoms with E-state index in [2.05, 4.69) is 13.8 Å². The number of fused-ring (bicyclic) bond motifs is 1. The lowest BCUT2D eigenvalue weighted by atomic mass is 9.61. The third kappa shape index (κ3) is 4.25. The number of hydrogen-bond donors (Lipinski definition) is 2. The van der Waals surface area contributed by atoms with Crippen molar-refractivity contribution in [3.05, 3.63) is 0 Å². The molecule has 0 radical (unpaired) electrons. The normalized spacial score (nSPS) is 43.0. The summed E-state index contributed by atoms with van der Waals surface area (Å²) in [6.45, 7) is 4.20. The predicted octanol–water partition coefficient (Wildman–Crippen LogP) is 4.09. The van der Waals surface area contributed by atoms with E-state index in [1.165, 1.54) is 19.3 Å². The van der Waals surface area contributed by atoms with Gasteiger partial charge in [-0.1, -0.05) is 58.8 Å². The molecule has 1 heterocycles. The van der Waals surface area contributed by atoms with E-state index in [1.54, 1.807) is 0 Å². The molecule has 1 saturated heterocycles. The molecule has 0 spiro atoms. The van der Waals surface area contributed by atoms with Crippen molar-refractivity contribution in [1.29, 1.82) is 0 Å². The first-order chi connectivity index (χ1) is 12.8. The summed E-state index contributed by atoms with van der Waals surface area (Å²) in [6.07, 6.45) is 10.2. The minimum absolute atomic E-state index is 0.0200. The van der Waals surface area contributed by atoms with E-state index >= 15 is 0 Å². The van der Waals surface area contributed by atoms with Crippen LogP contribution in [0.25, 0.3) is 0 Å².